The smallest absolute Gasteiger partial charge is 0.243 e. The zero-order valence-corrected chi connectivity index (χ0v) is 15.9. The van der Waals surface area contributed by atoms with Crippen molar-refractivity contribution < 1.29 is 14.6 Å². The van der Waals surface area contributed by atoms with E-state index in [9.17, 15) is 9.90 Å². The fourth-order valence-corrected chi connectivity index (χ4v) is 5.01. The molecule has 0 aromatic carbocycles. The zero-order chi connectivity index (χ0) is 18.7. The van der Waals surface area contributed by atoms with Gasteiger partial charge < -0.3 is 14.7 Å². The quantitative estimate of drug-likeness (QED) is 0.843. The summed E-state index contributed by atoms with van der Waals surface area (Å²) in [7, 11) is 0. The third-order valence-corrected chi connectivity index (χ3v) is 6.48. The summed E-state index contributed by atoms with van der Waals surface area (Å²) in [5.74, 6) is 0.237. The molecule has 0 spiro atoms. The van der Waals surface area contributed by atoms with Crippen LogP contribution in [-0.4, -0.2) is 81.8 Å². The zero-order valence-electron chi connectivity index (χ0n) is 15.9. The molecule has 0 bridgehead atoms. The molecule has 2 aliphatic heterocycles. The molecule has 2 atom stereocenters. The minimum absolute atomic E-state index is 0.0241. The van der Waals surface area contributed by atoms with Crippen molar-refractivity contribution >= 4 is 5.91 Å². The molecule has 7 nitrogen and oxygen atoms in total. The lowest BCUT2D eigenvalue weighted by molar-refractivity contribution is -0.150. The van der Waals surface area contributed by atoms with Crippen molar-refractivity contribution in [1.82, 2.24) is 19.8 Å². The van der Waals surface area contributed by atoms with E-state index in [0.717, 1.165) is 44.5 Å². The summed E-state index contributed by atoms with van der Waals surface area (Å²) in [6.45, 7) is 4.08. The molecule has 1 N–H and O–H groups in total. The van der Waals surface area contributed by atoms with Gasteiger partial charge in [0.2, 0.25) is 5.91 Å². The fourth-order valence-electron chi connectivity index (χ4n) is 5.01. The lowest BCUT2D eigenvalue weighted by Crippen LogP contribution is -2.62. The Bertz CT molecular complexity index is 629. The molecule has 0 radical (unpaired) electrons. The third-order valence-electron chi connectivity index (χ3n) is 6.48. The van der Waals surface area contributed by atoms with E-state index in [1.54, 1.807) is 18.6 Å². The van der Waals surface area contributed by atoms with Crippen molar-refractivity contribution in [3.63, 3.8) is 0 Å². The first-order valence-electron chi connectivity index (χ1n) is 10.2. The molecule has 1 aromatic heterocycles. The number of likely N-dealkylation sites (tertiary alicyclic amines) is 1. The molecule has 3 fully saturated rings. The van der Waals surface area contributed by atoms with Crippen LogP contribution in [0.1, 0.15) is 37.8 Å². The van der Waals surface area contributed by atoms with Gasteiger partial charge in [0.05, 0.1) is 25.0 Å². The molecule has 3 aliphatic rings. The Morgan fingerprint density at radius 1 is 1.19 bits per heavy atom. The second-order valence-electron chi connectivity index (χ2n) is 8.13. The van der Waals surface area contributed by atoms with Crippen LogP contribution in [0.25, 0.3) is 0 Å². The first-order valence-corrected chi connectivity index (χ1v) is 10.2. The number of ether oxygens (including phenoxy) is 1. The van der Waals surface area contributed by atoms with Crippen molar-refractivity contribution in [2.24, 2.45) is 5.92 Å². The van der Waals surface area contributed by atoms with Gasteiger partial charge in [-0.25, -0.2) is 0 Å². The monoisotopic (exact) mass is 374 g/mol. The van der Waals surface area contributed by atoms with Crippen LogP contribution in [0, 0.1) is 5.92 Å². The number of carbonyl (C=O) groups is 1. The average molecular weight is 374 g/mol. The van der Waals surface area contributed by atoms with Crippen molar-refractivity contribution in [2.75, 3.05) is 39.4 Å². The summed E-state index contributed by atoms with van der Waals surface area (Å²) in [6, 6.07) is 0. The SMILES string of the molecule is O=C(N1C[C@@H](Cc2cnccn2)[C@H](O)C1)C1(N2CCOCC2)CCCCC1. The number of amides is 1. The standard InChI is InChI=1S/C20H30N4O3/c25-18-15-23(14-16(18)12-17-13-21-6-7-22-17)19(26)20(4-2-1-3-5-20)24-8-10-27-11-9-24/h6-7,13,16,18,25H,1-5,8-12,14-15H2/t16-,18-/m1/s1. The van der Waals surface area contributed by atoms with Gasteiger partial charge in [-0.05, 0) is 19.3 Å². The minimum atomic E-state index is -0.499. The highest BCUT2D eigenvalue weighted by atomic mass is 16.5. The molecular formula is C20H30N4O3. The first-order chi connectivity index (χ1) is 13.2. The van der Waals surface area contributed by atoms with Gasteiger partial charge in [0.25, 0.3) is 0 Å². The molecule has 2 saturated heterocycles. The van der Waals surface area contributed by atoms with Crippen molar-refractivity contribution in [3.8, 4) is 0 Å². The number of aromatic nitrogens is 2. The summed E-state index contributed by atoms with van der Waals surface area (Å²) < 4.78 is 5.52. The van der Waals surface area contributed by atoms with Gasteiger partial charge in [-0.15, -0.1) is 0 Å². The highest BCUT2D eigenvalue weighted by Gasteiger charge is 2.49. The van der Waals surface area contributed by atoms with Crippen molar-refractivity contribution in [1.29, 1.82) is 0 Å². The number of rotatable bonds is 4. The highest BCUT2D eigenvalue weighted by Crippen LogP contribution is 2.37. The van der Waals surface area contributed by atoms with Gasteiger partial charge in [-0.1, -0.05) is 19.3 Å². The Labute approximate surface area is 160 Å². The number of hydrogen-bond acceptors (Lipinski definition) is 6. The molecular weight excluding hydrogens is 344 g/mol. The van der Waals surface area contributed by atoms with E-state index in [0.29, 0.717) is 32.7 Å². The van der Waals surface area contributed by atoms with Gasteiger partial charge in [0, 0.05) is 50.7 Å². The summed E-state index contributed by atoms with van der Waals surface area (Å²) >= 11 is 0. The van der Waals surface area contributed by atoms with Gasteiger partial charge >= 0.3 is 0 Å². The molecule has 4 rings (SSSR count). The number of morpholine rings is 1. The Morgan fingerprint density at radius 3 is 2.67 bits per heavy atom. The molecule has 1 saturated carbocycles. The van der Waals surface area contributed by atoms with Crippen LogP contribution >= 0.6 is 0 Å². The van der Waals surface area contributed by atoms with E-state index < -0.39 is 11.6 Å². The first kappa shape index (κ1) is 18.8. The fraction of sp³-hybridized carbons (Fsp3) is 0.750. The second kappa shape index (κ2) is 8.20. The lowest BCUT2D eigenvalue weighted by atomic mass is 9.78. The molecule has 148 valence electrons. The molecule has 27 heavy (non-hydrogen) atoms. The summed E-state index contributed by atoms with van der Waals surface area (Å²) in [6.07, 6.45) is 10.5. The van der Waals surface area contributed by atoms with Gasteiger partial charge in [0.15, 0.2) is 0 Å². The van der Waals surface area contributed by atoms with Gasteiger partial charge in [0.1, 0.15) is 5.54 Å². The van der Waals surface area contributed by atoms with Crippen LogP contribution in [0.2, 0.25) is 0 Å². The Balaban J connectivity index is 1.48. The predicted molar refractivity (Wildman–Crippen MR) is 100 cm³/mol. The summed E-state index contributed by atoms with van der Waals surface area (Å²) in [5, 5.41) is 10.6. The largest absolute Gasteiger partial charge is 0.391 e. The molecule has 3 heterocycles. The van der Waals surface area contributed by atoms with Crippen molar-refractivity contribution in [2.45, 2.75) is 50.2 Å². The topological polar surface area (TPSA) is 78.8 Å². The van der Waals surface area contributed by atoms with E-state index in [-0.39, 0.29) is 11.8 Å². The van der Waals surface area contributed by atoms with Crippen LogP contribution in [0.15, 0.2) is 18.6 Å². The third kappa shape index (κ3) is 3.86. The van der Waals surface area contributed by atoms with E-state index in [1.165, 1.54) is 6.42 Å². The van der Waals surface area contributed by atoms with Crippen LogP contribution < -0.4 is 0 Å². The minimum Gasteiger partial charge on any atom is -0.391 e. The van der Waals surface area contributed by atoms with Crippen LogP contribution in [0.4, 0.5) is 0 Å². The van der Waals surface area contributed by atoms with Gasteiger partial charge in [-0.3, -0.25) is 19.7 Å². The summed E-state index contributed by atoms with van der Waals surface area (Å²) in [4.78, 5) is 26.4. The number of carbonyl (C=O) groups excluding carboxylic acids is 1. The highest BCUT2D eigenvalue weighted by molar-refractivity contribution is 5.87. The van der Waals surface area contributed by atoms with Crippen molar-refractivity contribution in [3.05, 3.63) is 24.3 Å². The number of hydrogen-bond donors (Lipinski definition) is 1. The number of aliphatic hydroxyl groups excluding tert-OH is 1. The van der Waals surface area contributed by atoms with E-state index in [4.69, 9.17) is 4.74 Å². The van der Waals surface area contributed by atoms with Gasteiger partial charge in [-0.2, -0.15) is 0 Å². The second-order valence-corrected chi connectivity index (χ2v) is 8.13. The molecule has 7 heteroatoms. The predicted octanol–water partition coefficient (Wildman–Crippen LogP) is 0.873. The number of nitrogens with zero attached hydrogens (tertiary/aromatic N) is 4. The molecule has 1 aromatic rings. The normalized spacial score (nSPS) is 29.0. The van der Waals surface area contributed by atoms with E-state index >= 15 is 0 Å². The number of β-amino-alcohol motifs (C(OH)–C–C–N with tert-alkyl or cyclic N) is 1. The van der Waals surface area contributed by atoms with E-state index in [2.05, 4.69) is 14.9 Å². The molecule has 1 aliphatic carbocycles. The molecule has 1 amide bonds. The Morgan fingerprint density at radius 2 is 1.96 bits per heavy atom. The maximum Gasteiger partial charge on any atom is 0.243 e. The van der Waals surface area contributed by atoms with Crippen LogP contribution in [0.3, 0.4) is 0 Å². The van der Waals surface area contributed by atoms with Crippen LogP contribution in [-0.2, 0) is 16.0 Å². The average Bonchev–Trinajstić information content (AvgIpc) is 3.09. The lowest BCUT2D eigenvalue weighted by Gasteiger charge is -2.48. The van der Waals surface area contributed by atoms with E-state index in [1.807, 2.05) is 4.90 Å². The number of aliphatic hydroxyl groups is 1. The maximum absolute atomic E-state index is 13.7. The molecule has 0 unspecified atom stereocenters. The van der Waals surface area contributed by atoms with Crippen LogP contribution in [0.5, 0.6) is 0 Å². The Kier molecular flexibility index (Phi) is 5.71. The Hall–Kier alpha value is -1.57. The summed E-state index contributed by atoms with van der Waals surface area (Å²) in [5.41, 5.74) is 0.472. The maximum atomic E-state index is 13.7.